The van der Waals surface area contributed by atoms with E-state index < -0.39 is 34.5 Å². The Kier molecular flexibility index (Phi) is 4.22. The van der Waals surface area contributed by atoms with Crippen LogP contribution in [0.5, 0.6) is 0 Å². The van der Waals surface area contributed by atoms with E-state index in [1.54, 1.807) is 31.2 Å². The van der Waals surface area contributed by atoms with Crippen LogP contribution in [-0.2, 0) is 15.3 Å². The number of thiophene rings is 1. The van der Waals surface area contributed by atoms with E-state index >= 15 is 0 Å². The van der Waals surface area contributed by atoms with Gasteiger partial charge in [-0.3, -0.25) is 5.41 Å². The van der Waals surface area contributed by atoms with Gasteiger partial charge in [-0.2, -0.15) is 15.8 Å². The average Bonchev–Trinajstić information content (AvgIpc) is 3.20. The number of nitriles is 3. The number of nitrogens with zero attached hydrogens (tertiary/aromatic N) is 3. The van der Waals surface area contributed by atoms with Crippen molar-refractivity contribution in [3.8, 4) is 18.2 Å². The summed E-state index contributed by atoms with van der Waals surface area (Å²) in [5.41, 5.74) is -2.39. The van der Waals surface area contributed by atoms with Gasteiger partial charge in [0.15, 0.2) is 5.41 Å². The van der Waals surface area contributed by atoms with Crippen molar-refractivity contribution < 1.29 is 9.47 Å². The predicted molar refractivity (Wildman–Crippen MR) is 106 cm³/mol. The van der Waals surface area contributed by atoms with Gasteiger partial charge < -0.3 is 9.47 Å². The molecule has 1 aromatic heterocycles. The second-order valence-corrected chi connectivity index (χ2v) is 8.63. The highest BCUT2D eigenvalue weighted by Gasteiger charge is 2.80. The lowest BCUT2D eigenvalue weighted by atomic mass is 9.54. The van der Waals surface area contributed by atoms with Crippen LogP contribution in [0.3, 0.4) is 0 Å². The van der Waals surface area contributed by atoms with E-state index in [9.17, 15) is 15.8 Å². The first-order valence-corrected chi connectivity index (χ1v) is 10.1. The summed E-state index contributed by atoms with van der Waals surface area (Å²) in [7, 11) is 0. The van der Waals surface area contributed by atoms with E-state index in [1.165, 1.54) is 11.3 Å². The Morgan fingerprint density at radius 2 is 1.90 bits per heavy atom. The normalized spacial score (nSPS) is 31.9. The van der Waals surface area contributed by atoms with Gasteiger partial charge in [0, 0.05) is 15.5 Å². The van der Waals surface area contributed by atoms with Gasteiger partial charge in [0.2, 0.25) is 17.1 Å². The minimum absolute atomic E-state index is 0.438. The maximum Gasteiger partial charge on any atom is 0.244 e. The Balaban J connectivity index is 2.07. The Labute approximate surface area is 177 Å². The van der Waals surface area contributed by atoms with Crippen LogP contribution >= 0.6 is 22.9 Å². The lowest BCUT2D eigenvalue weighted by molar-refractivity contribution is -0.288. The van der Waals surface area contributed by atoms with Gasteiger partial charge >= 0.3 is 0 Å². The molecule has 0 radical (unpaired) electrons. The fourth-order valence-corrected chi connectivity index (χ4v) is 5.67. The molecule has 2 bridgehead atoms. The minimum atomic E-state index is -1.95. The molecule has 4 unspecified atom stereocenters. The largest absolute Gasteiger partial charge is 0.443 e. The predicted octanol–water partition coefficient (Wildman–Crippen LogP) is 4.82. The first kappa shape index (κ1) is 19.4. The van der Waals surface area contributed by atoms with Gasteiger partial charge in [0.25, 0.3) is 0 Å². The van der Waals surface area contributed by atoms with Crippen LogP contribution in [-0.4, -0.2) is 5.90 Å². The maximum atomic E-state index is 10.3. The van der Waals surface area contributed by atoms with Gasteiger partial charge in [0.1, 0.15) is 6.10 Å². The molecule has 0 spiro atoms. The summed E-state index contributed by atoms with van der Waals surface area (Å²) in [6, 6.07) is 14.9. The van der Waals surface area contributed by atoms with E-state index in [4.69, 9.17) is 26.5 Å². The zero-order valence-corrected chi connectivity index (χ0v) is 17.1. The molecule has 4 atom stereocenters. The summed E-state index contributed by atoms with van der Waals surface area (Å²) in [6.45, 7) is 3.53. The van der Waals surface area contributed by atoms with E-state index in [2.05, 4.69) is 6.07 Å². The van der Waals surface area contributed by atoms with Crippen LogP contribution in [0.1, 0.15) is 29.0 Å². The molecule has 2 saturated heterocycles. The molecule has 2 fully saturated rings. The molecule has 29 heavy (non-hydrogen) atoms. The molecule has 1 N–H and O–H groups in total. The number of fused-ring (bicyclic) bond motifs is 2. The molecule has 1 aromatic carbocycles. The molecule has 3 heterocycles. The number of halogens is 1. The number of ether oxygens (including phenoxy) is 2. The summed E-state index contributed by atoms with van der Waals surface area (Å²) >= 11 is 7.53. The van der Waals surface area contributed by atoms with E-state index in [0.29, 0.717) is 15.5 Å². The van der Waals surface area contributed by atoms with Crippen molar-refractivity contribution in [2.45, 2.75) is 25.7 Å². The van der Waals surface area contributed by atoms with E-state index in [1.807, 2.05) is 30.5 Å². The fourth-order valence-electron chi connectivity index (χ4n) is 4.46. The third-order valence-corrected chi connectivity index (χ3v) is 7.33. The number of aryl methyl sites for hydroxylation is 1. The molecule has 6 nitrogen and oxygen atoms in total. The summed E-state index contributed by atoms with van der Waals surface area (Å²) < 4.78 is 12.4. The van der Waals surface area contributed by atoms with Gasteiger partial charge in [-0.25, -0.2) is 0 Å². The number of hydrogen-bond acceptors (Lipinski definition) is 7. The summed E-state index contributed by atoms with van der Waals surface area (Å²) in [5.74, 6) is -2.76. The Hall–Kier alpha value is -2.89. The van der Waals surface area contributed by atoms with Crippen molar-refractivity contribution in [2.24, 2.45) is 16.7 Å². The first-order valence-electron chi connectivity index (χ1n) is 8.82. The quantitative estimate of drug-likeness (QED) is 0.744. The molecule has 2 aromatic rings. The molecule has 144 valence electrons. The highest BCUT2D eigenvalue weighted by molar-refractivity contribution is 7.10. The second kappa shape index (κ2) is 6.31. The zero-order chi connectivity index (χ0) is 21.0. The first-order chi connectivity index (χ1) is 13.8. The van der Waals surface area contributed by atoms with Crippen LogP contribution in [0.2, 0.25) is 5.02 Å². The monoisotopic (exact) mass is 422 g/mol. The van der Waals surface area contributed by atoms with Crippen LogP contribution in [0.15, 0.2) is 35.7 Å². The molecule has 0 aliphatic carbocycles. The summed E-state index contributed by atoms with van der Waals surface area (Å²) in [5, 5.41) is 41.5. The number of hydrogen-bond donors (Lipinski definition) is 1. The van der Waals surface area contributed by atoms with Crippen molar-refractivity contribution in [3.05, 3.63) is 56.7 Å². The molecule has 2 aliphatic heterocycles. The zero-order valence-electron chi connectivity index (χ0n) is 15.6. The van der Waals surface area contributed by atoms with Gasteiger partial charge in [-0.05, 0) is 36.1 Å². The lowest BCUT2D eigenvalue weighted by Gasteiger charge is -2.48. The summed E-state index contributed by atoms with van der Waals surface area (Å²) in [6.07, 6.45) is -1.07. The van der Waals surface area contributed by atoms with Crippen LogP contribution < -0.4 is 0 Å². The minimum Gasteiger partial charge on any atom is -0.443 e. The number of benzene rings is 1. The third kappa shape index (κ3) is 2.14. The standard InChI is InChI=1S/C21H15ClN4O2S/c1-12-6-7-29-16(12)17-19(9-23,10-24)20(11-25)13(2)21(27-17,28-18(20)26)14-4-3-5-15(22)8-14/h3-8,13,17,26H,1-2H3. The van der Waals surface area contributed by atoms with Gasteiger partial charge in [-0.1, -0.05) is 30.7 Å². The molecule has 8 heteroatoms. The highest BCUT2D eigenvalue weighted by atomic mass is 35.5. The topological polar surface area (TPSA) is 114 Å². The Bertz CT molecular complexity index is 1140. The Morgan fingerprint density at radius 1 is 1.17 bits per heavy atom. The van der Waals surface area contributed by atoms with Crippen LogP contribution in [0.25, 0.3) is 0 Å². The molecule has 0 amide bonds. The van der Waals surface area contributed by atoms with Crippen LogP contribution in [0.4, 0.5) is 0 Å². The molecule has 0 saturated carbocycles. The van der Waals surface area contributed by atoms with Crippen molar-refractivity contribution in [1.29, 1.82) is 21.2 Å². The molecular weight excluding hydrogens is 408 g/mol. The van der Waals surface area contributed by atoms with Crippen molar-refractivity contribution in [3.63, 3.8) is 0 Å². The smallest absolute Gasteiger partial charge is 0.244 e. The maximum absolute atomic E-state index is 10.3. The van der Waals surface area contributed by atoms with Gasteiger partial charge in [0.05, 0.1) is 24.1 Å². The second-order valence-electron chi connectivity index (χ2n) is 7.25. The fraction of sp³-hybridized carbons (Fsp3) is 0.333. The average molecular weight is 423 g/mol. The van der Waals surface area contributed by atoms with Crippen molar-refractivity contribution in [2.75, 3.05) is 0 Å². The lowest BCUT2D eigenvalue weighted by Crippen LogP contribution is -2.57. The summed E-state index contributed by atoms with van der Waals surface area (Å²) in [4.78, 5) is 0.657. The van der Waals surface area contributed by atoms with Gasteiger partial charge in [-0.15, -0.1) is 11.3 Å². The van der Waals surface area contributed by atoms with E-state index in [-0.39, 0.29) is 0 Å². The SMILES string of the molecule is Cc1ccsc1C1OC2(c3cccc(Cl)c3)OC(=N)C(C#N)(C2C)C1(C#N)C#N. The molecule has 2 aliphatic rings. The number of rotatable bonds is 2. The van der Waals surface area contributed by atoms with E-state index in [0.717, 1.165) is 5.56 Å². The van der Waals surface area contributed by atoms with Crippen LogP contribution in [0, 0.1) is 63.1 Å². The molecule has 4 rings (SSSR count). The Morgan fingerprint density at radius 3 is 2.45 bits per heavy atom. The highest BCUT2D eigenvalue weighted by Crippen LogP contribution is 2.69. The van der Waals surface area contributed by atoms with Crippen molar-refractivity contribution >= 4 is 28.8 Å². The number of nitrogens with one attached hydrogen (secondary N) is 1. The van der Waals surface area contributed by atoms with Crippen molar-refractivity contribution in [1.82, 2.24) is 0 Å². The molecular formula is C21H15ClN4O2S. The third-order valence-electron chi connectivity index (χ3n) is 6.04.